The Morgan fingerprint density at radius 3 is 2.55 bits per heavy atom. The highest BCUT2D eigenvalue weighted by molar-refractivity contribution is 5.61. The Kier molecular flexibility index (Phi) is 3.67. The molecule has 3 nitrogen and oxygen atoms in total. The Morgan fingerprint density at radius 2 is 1.86 bits per heavy atom. The second-order valence-corrected chi connectivity index (χ2v) is 6.84. The fourth-order valence-corrected chi connectivity index (χ4v) is 3.79. The lowest BCUT2D eigenvalue weighted by atomic mass is 10.0. The van der Waals surface area contributed by atoms with Crippen molar-refractivity contribution in [3.05, 3.63) is 48.5 Å². The lowest BCUT2D eigenvalue weighted by Crippen LogP contribution is -2.29. The van der Waals surface area contributed by atoms with Crippen LogP contribution in [0.25, 0.3) is 11.1 Å². The molecule has 3 atom stereocenters. The third kappa shape index (κ3) is 2.78. The molecule has 4 rings (SSSR count). The number of benzene rings is 1. The van der Waals surface area contributed by atoms with Crippen LogP contribution in [-0.4, -0.2) is 34.0 Å². The first-order valence-electron chi connectivity index (χ1n) is 8.40. The highest BCUT2D eigenvalue weighted by atomic mass is 15.2. The maximum atomic E-state index is 4.09. The average molecular weight is 293 g/mol. The zero-order chi connectivity index (χ0) is 14.9. The van der Waals surface area contributed by atoms with Gasteiger partial charge in [-0.2, -0.15) is 0 Å². The first-order valence-corrected chi connectivity index (χ1v) is 8.40. The van der Waals surface area contributed by atoms with Crippen LogP contribution in [-0.2, 0) is 0 Å². The van der Waals surface area contributed by atoms with E-state index in [0.29, 0.717) is 0 Å². The van der Waals surface area contributed by atoms with Gasteiger partial charge in [0.1, 0.15) is 6.33 Å². The molecule has 0 spiro atoms. The quantitative estimate of drug-likeness (QED) is 0.860. The molecule has 3 heteroatoms. The smallest absolute Gasteiger partial charge is 0.115 e. The highest BCUT2D eigenvalue weighted by Crippen LogP contribution is 2.48. The van der Waals surface area contributed by atoms with Gasteiger partial charge in [0.2, 0.25) is 0 Å². The molecule has 0 bridgehead atoms. The Labute approximate surface area is 132 Å². The SMILES string of the molecule is C[C@H]1CCCN1C[C@@H]1C[C@H]1c1ccc(-c2cncnc2)cc1. The first-order chi connectivity index (χ1) is 10.8. The summed E-state index contributed by atoms with van der Waals surface area (Å²) in [5.74, 6) is 1.64. The summed E-state index contributed by atoms with van der Waals surface area (Å²) < 4.78 is 0. The van der Waals surface area contributed by atoms with Gasteiger partial charge in [-0.05, 0) is 55.7 Å². The number of aromatic nitrogens is 2. The van der Waals surface area contributed by atoms with E-state index in [1.165, 1.54) is 43.5 Å². The van der Waals surface area contributed by atoms with E-state index in [0.717, 1.165) is 23.4 Å². The van der Waals surface area contributed by atoms with Crippen LogP contribution < -0.4 is 0 Å². The molecule has 0 unspecified atom stereocenters. The molecule has 2 heterocycles. The Morgan fingerprint density at radius 1 is 1.09 bits per heavy atom. The molecule has 2 aromatic rings. The van der Waals surface area contributed by atoms with E-state index in [1.807, 2.05) is 12.4 Å². The van der Waals surface area contributed by atoms with E-state index in [9.17, 15) is 0 Å². The third-order valence-electron chi connectivity index (χ3n) is 5.31. The molecule has 1 saturated carbocycles. The highest BCUT2D eigenvalue weighted by Gasteiger charge is 2.40. The molecule has 114 valence electrons. The average Bonchev–Trinajstić information content (AvgIpc) is 3.23. The number of hydrogen-bond acceptors (Lipinski definition) is 3. The summed E-state index contributed by atoms with van der Waals surface area (Å²) in [5, 5.41) is 0. The fourth-order valence-electron chi connectivity index (χ4n) is 3.79. The van der Waals surface area contributed by atoms with Crippen molar-refractivity contribution in [1.29, 1.82) is 0 Å². The van der Waals surface area contributed by atoms with E-state index in [2.05, 4.69) is 46.1 Å². The summed E-state index contributed by atoms with van der Waals surface area (Å²) in [6.45, 7) is 4.97. The van der Waals surface area contributed by atoms with Crippen molar-refractivity contribution in [2.75, 3.05) is 13.1 Å². The van der Waals surface area contributed by atoms with Crippen molar-refractivity contribution in [1.82, 2.24) is 14.9 Å². The minimum atomic E-state index is 0.772. The van der Waals surface area contributed by atoms with Gasteiger partial charge in [0.15, 0.2) is 0 Å². The van der Waals surface area contributed by atoms with E-state index in [4.69, 9.17) is 0 Å². The lowest BCUT2D eigenvalue weighted by molar-refractivity contribution is 0.256. The summed E-state index contributed by atoms with van der Waals surface area (Å²) in [7, 11) is 0. The second-order valence-electron chi connectivity index (χ2n) is 6.84. The van der Waals surface area contributed by atoms with Gasteiger partial charge in [-0.15, -0.1) is 0 Å². The van der Waals surface area contributed by atoms with Crippen LogP contribution in [0.3, 0.4) is 0 Å². The van der Waals surface area contributed by atoms with Crippen molar-refractivity contribution in [2.24, 2.45) is 5.92 Å². The predicted molar refractivity (Wildman–Crippen MR) is 88.6 cm³/mol. The lowest BCUT2D eigenvalue weighted by Gasteiger charge is -2.20. The van der Waals surface area contributed by atoms with Crippen molar-refractivity contribution in [3.8, 4) is 11.1 Å². The van der Waals surface area contributed by atoms with Gasteiger partial charge in [0.05, 0.1) is 0 Å². The van der Waals surface area contributed by atoms with Crippen LogP contribution in [0.5, 0.6) is 0 Å². The van der Waals surface area contributed by atoms with E-state index >= 15 is 0 Å². The molecule has 0 N–H and O–H groups in total. The van der Waals surface area contributed by atoms with Gasteiger partial charge < -0.3 is 4.90 Å². The van der Waals surface area contributed by atoms with Gasteiger partial charge in [-0.3, -0.25) is 0 Å². The summed E-state index contributed by atoms with van der Waals surface area (Å²) >= 11 is 0. The number of likely N-dealkylation sites (tertiary alicyclic amines) is 1. The van der Waals surface area contributed by atoms with Crippen LogP contribution >= 0.6 is 0 Å². The summed E-state index contributed by atoms with van der Waals surface area (Å²) in [5.41, 5.74) is 3.79. The predicted octanol–water partition coefficient (Wildman–Crippen LogP) is 3.73. The molecule has 2 aliphatic rings. The van der Waals surface area contributed by atoms with Crippen LogP contribution in [0.4, 0.5) is 0 Å². The van der Waals surface area contributed by atoms with Gasteiger partial charge in [-0.25, -0.2) is 9.97 Å². The molecule has 0 radical (unpaired) electrons. The fraction of sp³-hybridized carbons (Fsp3) is 0.474. The number of rotatable bonds is 4. The van der Waals surface area contributed by atoms with Crippen LogP contribution in [0.2, 0.25) is 0 Å². The molecule has 22 heavy (non-hydrogen) atoms. The van der Waals surface area contributed by atoms with E-state index in [1.54, 1.807) is 6.33 Å². The largest absolute Gasteiger partial charge is 0.300 e. The van der Waals surface area contributed by atoms with E-state index in [-0.39, 0.29) is 0 Å². The minimum Gasteiger partial charge on any atom is -0.300 e. The Bertz CT molecular complexity index is 623. The van der Waals surface area contributed by atoms with Crippen molar-refractivity contribution >= 4 is 0 Å². The normalized spacial score (nSPS) is 28.0. The number of hydrogen-bond donors (Lipinski definition) is 0. The van der Waals surface area contributed by atoms with Gasteiger partial charge in [0.25, 0.3) is 0 Å². The molecule has 1 aromatic carbocycles. The second kappa shape index (κ2) is 5.81. The molecule has 0 amide bonds. The van der Waals surface area contributed by atoms with Crippen molar-refractivity contribution in [2.45, 2.75) is 38.1 Å². The Balaban J connectivity index is 1.40. The third-order valence-corrected chi connectivity index (χ3v) is 5.31. The molecule has 1 aromatic heterocycles. The van der Waals surface area contributed by atoms with E-state index < -0.39 is 0 Å². The summed E-state index contributed by atoms with van der Waals surface area (Å²) in [6.07, 6.45) is 9.44. The zero-order valence-corrected chi connectivity index (χ0v) is 13.2. The minimum absolute atomic E-state index is 0.772. The molecular weight excluding hydrogens is 270 g/mol. The van der Waals surface area contributed by atoms with Gasteiger partial charge in [-0.1, -0.05) is 24.3 Å². The topological polar surface area (TPSA) is 29.0 Å². The standard InChI is InChI=1S/C19H23N3/c1-14-3-2-8-22(14)12-17-9-19(17)16-6-4-15(5-7-16)18-10-20-13-21-11-18/h4-7,10-11,13-14,17,19H,2-3,8-9,12H2,1H3/t14-,17-,19-/m0/s1. The molecular formula is C19H23N3. The molecule has 2 fully saturated rings. The maximum Gasteiger partial charge on any atom is 0.115 e. The summed E-state index contributed by atoms with van der Waals surface area (Å²) in [6, 6.07) is 9.80. The molecule has 1 aliphatic heterocycles. The van der Waals surface area contributed by atoms with Crippen molar-refractivity contribution < 1.29 is 0 Å². The van der Waals surface area contributed by atoms with Crippen molar-refractivity contribution in [3.63, 3.8) is 0 Å². The zero-order valence-electron chi connectivity index (χ0n) is 13.2. The maximum absolute atomic E-state index is 4.09. The van der Waals surface area contributed by atoms with Crippen LogP contribution in [0, 0.1) is 5.92 Å². The van der Waals surface area contributed by atoms with Crippen LogP contribution in [0.1, 0.15) is 37.7 Å². The monoisotopic (exact) mass is 293 g/mol. The Hall–Kier alpha value is -1.74. The molecule has 1 saturated heterocycles. The van der Waals surface area contributed by atoms with Gasteiger partial charge >= 0.3 is 0 Å². The van der Waals surface area contributed by atoms with Crippen LogP contribution in [0.15, 0.2) is 43.0 Å². The molecule has 1 aliphatic carbocycles. The van der Waals surface area contributed by atoms with Gasteiger partial charge in [0, 0.05) is 30.5 Å². The first kappa shape index (κ1) is 13.9. The summed E-state index contributed by atoms with van der Waals surface area (Å²) in [4.78, 5) is 10.9. The number of nitrogens with zero attached hydrogens (tertiary/aromatic N) is 3.